The van der Waals surface area contributed by atoms with Crippen LogP contribution in [0.2, 0.25) is 10.0 Å². The Morgan fingerprint density at radius 1 is 1.00 bits per heavy atom. The molecular formula is C18H13Cl2N3O2S. The van der Waals surface area contributed by atoms with E-state index in [1.54, 1.807) is 30.3 Å². The van der Waals surface area contributed by atoms with Gasteiger partial charge in [-0.3, -0.25) is 14.9 Å². The number of aromatic nitrogens is 1. The third-order valence-corrected chi connectivity index (χ3v) is 4.80. The normalized spacial score (nSPS) is 10.4. The Morgan fingerprint density at radius 3 is 2.27 bits per heavy atom. The minimum absolute atomic E-state index is 0.130. The highest BCUT2D eigenvalue weighted by atomic mass is 35.5. The summed E-state index contributed by atoms with van der Waals surface area (Å²) in [4.78, 5) is 27.9. The number of hydrogen-bond acceptors (Lipinski definition) is 4. The standard InChI is InChI=1S/C18H13Cl2N3O2S/c1-10(24)21-12-7-5-11(6-8-12)15-9-26-18(22-15)23-17(25)16-13(19)3-2-4-14(16)20/h2-9H,1H3,(H,21,24)(H,22,23,25). The number of nitrogens with one attached hydrogen (secondary N) is 2. The quantitative estimate of drug-likeness (QED) is 0.616. The molecule has 0 saturated carbocycles. The van der Waals surface area contributed by atoms with Gasteiger partial charge >= 0.3 is 0 Å². The molecule has 8 heteroatoms. The maximum absolute atomic E-state index is 12.4. The van der Waals surface area contributed by atoms with E-state index in [2.05, 4.69) is 15.6 Å². The van der Waals surface area contributed by atoms with E-state index >= 15 is 0 Å². The molecule has 1 aromatic heterocycles. The molecule has 2 N–H and O–H groups in total. The first-order valence-electron chi connectivity index (χ1n) is 7.53. The van der Waals surface area contributed by atoms with E-state index in [9.17, 15) is 9.59 Å². The molecule has 0 bridgehead atoms. The van der Waals surface area contributed by atoms with E-state index in [1.807, 2.05) is 17.5 Å². The van der Waals surface area contributed by atoms with Gasteiger partial charge in [-0.15, -0.1) is 11.3 Å². The van der Waals surface area contributed by atoms with Gasteiger partial charge < -0.3 is 5.32 Å². The molecule has 2 amide bonds. The lowest BCUT2D eigenvalue weighted by molar-refractivity contribution is -0.114. The summed E-state index contributed by atoms with van der Waals surface area (Å²) in [7, 11) is 0. The fourth-order valence-electron chi connectivity index (χ4n) is 2.27. The highest BCUT2D eigenvalue weighted by Gasteiger charge is 2.16. The summed E-state index contributed by atoms with van der Waals surface area (Å²) < 4.78 is 0. The minimum Gasteiger partial charge on any atom is -0.326 e. The number of halogens is 2. The molecule has 0 aliphatic heterocycles. The summed E-state index contributed by atoms with van der Waals surface area (Å²) in [6.07, 6.45) is 0. The van der Waals surface area contributed by atoms with Gasteiger partial charge in [0.25, 0.3) is 5.91 Å². The topological polar surface area (TPSA) is 71.1 Å². The van der Waals surface area contributed by atoms with Crippen molar-refractivity contribution >= 4 is 57.2 Å². The van der Waals surface area contributed by atoms with Crippen LogP contribution in [0.1, 0.15) is 17.3 Å². The van der Waals surface area contributed by atoms with E-state index in [-0.39, 0.29) is 21.5 Å². The molecule has 5 nitrogen and oxygen atoms in total. The number of thiazole rings is 1. The Morgan fingerprint density at radius 2 is 1.65 bits per heavy atom. The van der Waals surface area contributed by atoms with E-state index in [4.69, 9.17) is 23.2 Å². The van der Waals surface area contributed by atoms with Crippen LogP contribution in [0.25, 0.3) is 11.3 Å². The highest BCUT2D eigenvalue weighted by molar-refractivity contribution is 7.14. The zero-order valence-corrected chi connectivity index (χ0v) is 15.9. The summed E-state index contributed by atoms with van der Waals surface area (Å²) in [5.41, 5.74) is 2.50. The number of carbonyl (C=O) groups excluding carboxylic acids is 2. The SMILES string of the molecule is CC(=O)Nc1ccc(-c2csc(NC(=O)c3c(Cl)cccc3Cl)n2)cc1. The van der Waals surface area contributed by atoms with Crippen LogP contribution in [-0.4, -0.2) is 16.8 Å². The van der Waals surface area contributed by atoms with Gasteiger partial charge in [-0.05, 0) is 24.3 Å². The van der Waals surface area contributed by atoms with Crippen LogP contribution >= 0.6 is 34.5 Å². The lowest BCUT2D eigenvalue weighted by atomic mass is 10.1. The van der Waals surface area contributed by atoms with Gasteiger partial charge in [0.1, 0.15) is 0 Å². The largest absolute Gasteiger partial charge is 0.326 e. The summed E-state index contributed by atoms with van der Waals surface area (Å²) in [5.74, 6) is -0.544. The Labute approximate surface area is 164 Å². The number of rotatable bonds is 4. The maximum atomic E-state index is 12.4. The van der Waals surface area contributed by atoms with Gasteiger partial charge in [0.05, 0.1) is 21.3 Å². The third-order valence-electron chi connectivity index (χ3n) is 3.42. The first kappa shape index (κ1) is 18.4. The average Bonchev–Trinajstić information content (AvgIpc) is 3.03. The van der Waals surface area contributed by atoms with Crippen molar-refractivity contribution < 1.29 is 9.59 Å². The Bertz CT molecular complexity index is 951. The summed E-state index contributed by atoms with van der Waals surface area (Å²) in [6, 6.07) is 12.1. The van der Waals surface area contributed by atoms with Crippen molar-refractivity contribution in [2.75, 3.05) is 10.6 Å². The Hall–Kier alpha value is -2.41. The molecule has 26 heavy (non-hydrogen) atoms. The molecule has 0 spiro atoms. The van der Waals surface area contributed by atoms with Crippen LogP contribution in [0, 0.1) is 0 Å². The average molecular weight is 406 g/mol. The summed E-state index contributed by atoms with van der Waals surface area (Å²) in [5, 5.41) is 8.24. The van der Waals surface area contributed by atoms with Crippen LogP contribution in [0.15, 0.2) is 47.8 Å². The van der Waals surface area contributed by atoms with Crippen molar-refractivity contribution in [2.45, 2.75) is 6.92 Å². The van der Waals surface area contributed by atoms with Crippen molar-refractivity contribution in [1.82, 2.24) is 4.98 Å². The van der Waals surface area contributed by atoms with Gasteiger partial charge in [0, 0.05) is 23.6 Å². The van der Waals surface area contributed by atoms with Crippen molar-refractivity contribution in [1.29, 1.82) is 0 Å². The molecule has 0 fully saturated rings. The van der Waals surface area contributed by atoms with Crippen LogP contribution in [-0.2, 0) is 4.79 Å². The van der Waals surface area contributed by atoms with Crippen molar-refractivity contribution in [3.05, 3.63) is 63.5 Å². The predicted molar refractivity (Wildman–Crippen MR) is 106 cm³/mol. The molecule has 3 aromatic rings. The summed E-state index contributed by atoms with van der Waals surface area (Å²) >= 11 is 13.4. The van der Waals surface area contributed by atoms with E-state index in [0.29, 0.717) is 16.5 Å². The number of hydrogen-bond donors (Lipinski definition) is 2. The molecule has 1 heterocycles. The first-order chi connectivity index (χ1) is 12.4. The lowest BCUT2D eigenvalue weighted by Crippen LogP contribution is -2.12. The molecule has 0 aliphatic rings. The van der Waals surface area contributed by atoms with E-state index < -0.39 is 5.91 Å². The van der Waals surface area contributed by atoms with E-state index in [0.717, 1.165) is 5.56 Å². The zero-order valence-electron chi connectivity index (χ0n) is 13.5. The Balaban J connectivity index is 1.76. The molecule has 0 aliphatic carbocycles. The lowest BCUT2D eigenvalue weighted by Gasteiger charge is -2.06. The van der Waals surface area contributed by atoms with E-state index in [1.165, 1.54) is 18.3 Å². The van der Waals surface area contributed by atoms with Gasteiger partial charge in [0.15, 0.2) is 5.13 Å². The number of carbonyl (C=O) groups is 2. The molecule has 3 rings (SSSR count). The highest BCUT2D eigenvalue weighted by Crippen LogP contribution is 2.28. The second-order valence-electron chi connectivity index (χ2n) is 5.35. The van der Waals surface area contributed by atoms with Crippen molar-refractivity contribution in [3.63, 3.8) is 0 Å². The van der Waals surface area contributed by atoms with Crippen LogP contribution < -0.4 is 10.6 Å². The van der Waals surface area contributed by atoms with Gasteiger partial charge in [-0.25, -0.2) is 4.98 Å². The smallest absolute Gasteiger partial charge is 0.260 e. The molecular weight excluding hydrogens is 393 g/mol. The number of nitrogens with zero attached hydrogens (tertiary/aromatic N) is 1. The number of benzene rings is 2. The molecule has 0 radical (unpaired) electrons. The first-order valence-corrected chi connectivity index (χ1v) is 9.16. The van der Waals surface area contributed by atoms with Crippen LogP contribution in [0.5, 0.6) is 0 Å². The van der Waals surface area contributed by atoms with Gasteiger partial charge in [-0.1, -0.05) is 41.4 Å². The van der Waals surface area contributed by atoms with Crippen molar-refractivity contribution in [2.24, 2.45) is 0 Å². The molecule has 0 saturated heterocycles. The zero-order chi connectivity index (χ0) is 18.7. The second-order valence-corrected chi connectivity index (χ2v) is 7.02. The summed E-state index contributed by atoms with van der Waals surface area (Å²) in [6.45, 7) is 1.45. The number of amides is 2. The van der Waals surface area contributed by atoms with Gasteiger partial charge in [0.2, 0.25) is 5.91 Å². The second kappa shape index (κ2) is 7.86. The predicted octanol–water partition coefficient (Wildman–Crippen LogP) is 5.33. The number of anilines is 2. The Kier molecular flexibility index (Phi) is 5.56. The minimum atomic E-state index is -0.414. The third kappa shape index (κ3) is 4.22. The van der Waals surface area contributed by atoms with Crippen LogP contribution in [0.4, 0.5) is 10.8 Å². The fourth-order valence-corrected chi connectivity index (χ4v) is 3.55. The maximum Gasteiger partial charge on any atom is 0.260 e. The van der Waals surface area contributed by atoms with Gasteiger partial charge in [-0.2, -0.15) is 0 Å². The molecule has 132 valence electrons. The molecule has 2 aromatic carbocycles. The van der Waals surface area contributed by atoms with Crippen molar-refractivity contribution in [3.8, 4) is 11.3 Å². The fraction of sp³-hybridized carbons (Fsp3) is 0.0556. The molecule has 0 unspecified atom stereocenters. The monoisotopic (exact) mass is 405 g/mol. The van der Waals surface area contributed by atoms with Crippen LogP contribution in [0.3, 0.4) is 0 Å². The molecule has 0 atom stereocenters.